The van der Waals surface area contributed by atoms with Crippen molar-refractivity contribution in [3.8, 4) is 5.69 Å². The van der Waals surface area contributed by atoms with Gasteiger partial charge >= 0.3 is 0 Å². The molecule has 1 N–H and O–H groups in total. The number of benzene rings is 1. The van der Waals surface area contributed by atoms with E-state index in [1.165, 1.54) is 5.56 Å². The smallest absolute Gasteiger partial charge is 0.0787 e. The Hall–Kier alpha value is -1.13. The number of aryl methyl sites for hydroxylation is 1. The van der Waals surface area contributed by atoms with Crippen molar-refractivity contribution >= 4 is 15.9 Å². The van der Waals surface area contributed by atoms with Crippen LogP contribution in [-0.2, 0) is 6.54 Å². The normalized spacial score (nSPS) is 10.8. The minimum absolute atomic E-state index is 0.908. The molecule has 0 aliphatic carbocycles. The molecule has 0 saturated carbocycles. The van der Waals surface area contributed by atoms with Gasteiger partial charge in [0.1, 0.15) is 0 Å². The lowest BCUT2D eigenvalue weighted by molar-refractivity contribution is 0.675. The lowest BCUT2D eigenvalue weighted by atomic mass is 10.2. The van der Waals surface area contributed by atoms with E-state index in [1.54, 1.807) is 0 Å². The maximum absolute atomic E-state index is 4.32. The van der Waals surface area contributed by atoms with E-state index in [-0.39, 0.29) is 0 Å². The van der Waals surface area contributed by atoms with Gasteiger partial charge in [-0.25, -0.2) is 4.68 Å². The fourth-order valence-electron chi connectivity index (χ4n) is 1.80. The zero-order valence-corrected chi connectivity index (χ0v) is 12.4. The third-order valence-corrected chi connectivity index (χ3v) is 3.36. The van der Waals surface area contributed by atoms with Gasteiger partial charge in [0, 0.05) is 17.2 Å². The Morgan fingerprint density at radius 2 is 2.22 bits per heavy atom. The van der Waals surface area contributed by atoms with Gasteiger partial charge in [-0.2, -0.15) is 5.10 Å². The number of hydrogen-bond acceptors (Lipinski definition) is 2. The molecule has 2 aromatic rings. The van der Waals surface area contributed by atoms with Crippen LogP contribution in [0, 0.1) is 6.92 Å². The molecule has 2 rings (SSSR count). The first-order valence-electron chi connectivity index (χ1n) is 6.21. The van der Waals surface area contributed by atoms with Crippen LogP contribution in [-0.4, -0.2) is 16.3 Å². The minimum Gasteiger partial charge on any atom is -0.313 e. The quantitative estimate of drug-likeness (QED) is 0.858. The van der Waals surface area contributed by atoms with Gasteiger partial charge in [0.15, 0.2) is 0 Å². The highest BCUT2D eigenvalue weighted by Crippen LogP contribution is 2.22. The molecule has 3 nitrogen and oxygen atoms in total. The van der Waals surface area contributed by atoms with Crippen LogP contribution in [0.2, 0.25) is 0 Å². The summed E-state index contributed by atoms with van der Waals surface area (Å²) >= 11 is 3.61. The van der Waals surface area contributed by atoms with Crippen molar-refractivity contribution in [3.63, 3.8) is 0 Å². The number of nitrogens with one attached hydrogen (secondary N) is 1. The van der Waals surface area contributed by atoms with Crippen molar-refractivity contribution in [2.24, 2.45) is 0 Å². The molecule has 0 atom stereocenters. The first-order chi connectivity index (χ1) is 8.70. The predicted molar refractivity (Wildman–Crippen MR) is 78.0 cm³/mol. The Labute approximate surface area is 116 Å². The first-order valence-corrected chi connectivity index (χ1v) is 7.01. The summed E-state index contributed by atoms with van der Waals surface area (Å²) in [5.41, 5.74) is 3.51. The second kappa shape index (κ2) is 6.16. The molecule has 0 saturated heterocycles. The molecule has 0 fully saturated rings. The second-order valence-electron chi connectivity index (χ2n) is 4.42. The van der Waals surface area contributed by atoms with E-state index in [0.717, 1.165) is 35.2 Å². The molecule has 1 aromatic heterocycles. The Bertz CT molecular complexity index is 520. The Morgan fingerprint density at radius 1 is 1.39 bits per heavy atom. The standard InChI is InChI=1S/C14H18BrN3/c1-3-6-16-9-12-4-5-14(13(15)7-12)18-10-11(2)8-17-18/h4-5,7-8,10,16H,3,6,9H2,1-2H3. The monoisotopic (exact) mass is 307 g/mol. The van der Waals surface area contributed by atoms with E-state index in [2.05, 4.69) is 51.5 Å². The fourth-order valence-corrected chi connectivity index (χ4v) is 2.41. The Morgan fingerprint density at radius 3 is 2.83 bits per heavy atom. The van der Waals surface area contributed by atoms with Crippen molar-refractivity contribution in [3.05, 3.63) is 46.2 Å². The summed E-state index contributed by atoms with van der Waals surface area (Å²) in [6.45, 7) is 6.18. The molecule has 1 aromatic carbocycles. The summed E-state index contributed by atoms with van der Waals surface area (Å²) in [6.07, 6.45) is 5.05. The van der Waals surface area contributed by atoms with Crippen molar-refractivity contribution in [2.45, 2.75) is 26.8 Å². The van der Waals surface area contributed by atoms with Gasteiger partial charge in [0.05, 0.1) is 11.9 Å². The van der Waals surface area contributed by atoms with Crippen LogP contribution in [0.3, 0.4) is 0 Å². The second-order valence-corrected chi connectivity index (χ2v) is 5.28. The minimum atomic E-state index is 0.908. The molecule has 0 aliphatic heterocycles. The van der Waals surface area contributed by atoms with E-state index < -0.39 is 0 Å². The number of rotatable bonds is 5. The molecule has 18 heavy (non-hydrogen) atoms. The van der Waals surface area contributed by atoms with Gasteiger partial charge in [-0.3, -0.25) is 0 Å². The average molecular weight is 308 g/mol. The third-order valence-electron chi connectivity index (χ3n) is 2.73. The van der Waals surface area contributed by atoms with Crippen LogP contribution in [0.15, 0.2) is 35.1 Å². The van der Waals surface area contributed by atoms with E-state index >= 15 is 0 Å². The molecule has 0 aliphatic rings. The summed E-state index contributed by atoms with van der Waals surface area (Å²) in [5.74, 6) is 0. The number of halogens is 1. The van der Waals surface area contributed by atoms with E-state index in [9.17, 15) is 0 Å². The van der Waals surface area contributed by atoms with Crippen molar-refractivity contribution < 1.29 is 0 Å². The molecular formula is C14H18BrN3. The average Bonchev–Trinajstić information content (AvgIpc) is 2.76. The van der Waals surface area contributed by atoms with Gasteiger partial charge in [-0.1, -0.05) is 13.0 Å². The molecule has 1 heterocycles. The molecule has 0 unspecified atom stereocenters. The topological polar surface area (TPSA) is 29.9 Å². The van der Waals surface area contributed by atoms with Crippen LogP contribution in [0.1, 0.15) is 24.5 Å². The highest BCUT2D eigenvalue weighted by molar-refractivity contribution is 9.10. The fraction of sp³-hybridized carbons (Fsp3) is 0.357. The van der Waals surface area contributed by atoms with Gasteiger partial charge < -0.3 is 5.32 Å². The van der Waals surface area contributed by atoms with Crippen LogP contribution in [0.25, 0.3) is 5.69 Å². The summed E-state index contributed by atoms with van der Waals surface area (Å²) in [7, 11) is 0. The maximum atomic E-state index is 4.32. The van der Waals surface area contributed by atoms with Crippen LogP contribution >= 0.6 is 15.9 Å². The summed E-state index contributed by atoms with van der Waals surface area (Å²) in [4.78, 5) is 0. The Balaban J connectivity index is 2.15. The summed E-state index contributed by atoms with van der Waals surface area (Å²) < 4.78 is 2.96. The van der Waals surface area contributed by atoms with Crippen molar-refractivity contribution in [1.82, 2.24) is 15.1 Å². The van der Waals surface area contributed by atoms with E-state index in [0.29, 0.717) is 0 Å². The van der Waals surface area contributed by atoms with Crippen LogP contribution in [0.4, 0.5) is 0 Å². The van der Waals surface area contributed by atoms with Gasteiger partial charge in [-0.05, 0) is 59.1 Å². The number of aromatic nitrogens is 2. The zero-order valence-electron chi connectivity index (χ0n) is 10.8. The number of nitrogens with zero attached hydrogens (tertiary/aromatic N) is 2. The summed E-state index contributed by atoms with van der Waals surface area (Å²) in [5, 5.41) is 7.72. The molecule has 0 spiro atoms. The molecule has 0 amide bonds. The Kier molecular flexibility index (Phi) is 4.55. The van der Waals surface area contributed by atoms with E-state index in [4.69, 9.17) is 0 Å². The zero-order chi connectivity index (χ0) is 13.0. The SMILES string of the molecule is CCCNCc1ccc(-n2cc(C)cn2)c(Br)c1. The molecule has 96 valence electrons. The molecule has 0 radical (unpaired) electrons. The van der Waals surface area contributed by atoms with Gasteiger partial charge in [-0.15, -0.1) is 0 Å². The van der Waals surface area contributed by atoms with E-state index in [1.807, 2.05) is 24.0 Å². The summed E-state index contributed by atoms with van der Waals surface area (Å²) in [6, 6.07) is 6.38. The third kappa shape index (κ3) is 3.21. The van der Waals surface area contributed by atoms with Gasteiger partial charge in [0.25, 0.3) is 0 Å². The van der Waals surface area contributed by atoms with Crippen molar-refractivity contribution in [1.29, 1.82) is 0 Å². The molecular weight excluding hydrogens is 290 g/mol. The highest BCUT2D eigenvalue weighted by Gasteiger charge is 2.04. The highest BCUT2D eigenvalue weighted by atomic mass is 79.9. The lowest BCUT2D eigenvalue weighted by Crippen LogP contribution is -2.13. The number of hydrogen-bond donors (Lipinski definition) is 1. The largest absolute Gasteiger partial charge is 0.313 e. The predicted octanol–water partition coefficient (Wildman–Crippen LogP) is 3.44. The maximum Gasteiger partial charge on any atom is 0.0787 e. The lowest BCUT2D eigenvalue weighted by Gasteiger charge is -2.08. The van der Waals surface area contributed by atoms with Crippen molar-refractivity contribution in [2.75, 3.05) is 6.54 Å². The van der Waals surface area contributed by atoms with Crippen LogP contribution in [0.5, 0.6) is 0 Å². The van der Waals surface area contributed by atoms with Crippen LogP contribution < -0.4 is 5.32 Å². The first kappa shape index (κ1) is 13.3. The van der Waals surface area contributed by atoms with Gasteiger partial charge in [0.2, 0.25) is 0 Å². The molecule has 0 bridgehead atoms. The molecule has 4 heteroatoms.